The Bertz CT molecular complexity index is 986. The van der Waals surface area contributed by atoms with E-state index in [9.17, 15) is 18.0 Å². The summed E-state index contributed by atoms with van der Waals surface area (Å²) in [5.41, 5.74) is 1.77. The molecule has 2 aromatic rings. The summed E-state index contributed by atoms with van der Waals surface area (Å²) in [5.74, 6) is -1.20. The summed E-state index contributed by atoms with van der Waals surface area (Å²) in [6.07, 6.45) is 0. The fourth-order valence-corrected chi connectivity index (χ4v) is 4.65. The topological polar surface area (TPSA) is 92.8 Å². The van der Waals surface area contributed by atoms with Crippen molar-refractivity contribution in [2.75, 3.05) is 25.0 Å². The maximum absolute atomic E-state index is 12.5. The zero-order chi connectivity index (χ0) is 21.6. The lowest BCUT2D eigenvalue weighted by molar-refractivity contribution is -0.119. The normalized spacial score (nSPS) is 11.3. The Morgan fingerprint density at radius 1 is 1.07 bits per heavy atom. The van der Waals surface area contributed by atoms with Gasteiger partial charge < -0.3 is 10.1 Å². The Kier molecular flexibility index (Phi) is 7.95. The fraction of sp³-hybridized carbons (Fsp3) is 0.300. The maximum atomic E-state index is 12.5. The van der Waals surface area contributed by atoms with Crippen molar-refractivity contribution in [3.8, 4) is 0 Å². The van der Waals surface area contributed by atoms with Crippen LogP contribution in [-0.4, -0.2) is 44.3 Å². The molecule has 0 aliphatic carbocycles. The number of aryl methyl sites for hydroxylation is 1. The molecule has 0 saturated heterocycles. The van der Waals surface area contributed by atoms with Gasteiger partial charge in [0.05, 0.1) is 16.1 Å². The number of halogens is 1. The highest BCUT2D eigenvalue weighted by Crippen LogP contribution is 2.23. The summed E-state index contributed by atoms with van der Waals surface area (Å²) in [5, 5.41) is 2.65. The Hall–Kier alpha value is -2.23. The molecule has 0 atom stereocenters. The molecule has 1 amide bonds. The summed E-state index contributed by atoms with van der Waals surface area (Å²) in [6.45, 7) is 5.69. The highest BCUT2D eigenvalue weighted by atomic mass is 79.9. The number of rotatable bonds is 8. The average Bonchev–Trinajstić information content (AvgIpc) is 2.69. The highest BCUT2D eigenvalue weighted by Gasteiger charge is 2.22. The molecule has 1 N–H and O–H groups in total. The van der Waals surface area contributed by atoms with E-state index < -0.39 is 28.5 Å². The zero-order valence-electron chi connectivity index (χ0n) is 16.4. The SMILES string of the molecule is CCN(CC)S(=O)(=O)c1ccc(C(=O)OCC(=O)Nc2ccc(C)cc2Br)cc1. The van der Waals surface area contributed by atoms with Crippen molar-refractivity contribution in [2.24, 2.45) is 0 Å². The third-order valence-corrected chi connectivity index (χ3v) is 6.89. The van der Waals surface area contributed by atoms with E-state index in [-0.39, 0.29) is 10.5 Å². The lowest BCUT2D eigenvalue weighted by atomic mass is 10.2. The minimum absolute atomic E-state index is 0.0970. The average molecular weight is 483 g/mol. The van der Waals surface area contributed by atoms with Crippen molar-refractivity contribution in [1.29, 1.82) is 0 Å². The molecule has 0 radical (unpaired) electrons. The summed E-state index contributed by atoms with van der Waals surface area (Å²) >= 11 is 3.36. The van der Waals surface area contributed by atoms with Gasteiger partial charge in [-0.2, -0.15) is 4.31 Å². The largest absolute Gasteiger partial charge is 0.452 e. The van der Waals surface area contributed by atoms with Gasteiger partial charge in [0.25, 0.3) is 5.91 Å². The van der Waals surface area contributed by atoms with Gasteiger partial charge >= 0.3 is 5.97 Å². The van der Waals surface area contributed by atoms with Crippen molar-refractivity contribution in [1.82, 2.24) is 4.31 Å². The van der Waals surface area contributed by atoms with Crippen LogP contribution in [0.25, 0.3) is 0 Å². The number of carbonyl (C=O) groups is 2. The van der Waals surface area contributed by atoms with Crippen LogP contribution in [0.3, 0.4) is 0 Å². The van der Waals surface area contributed by atoms with Crippen LogP contribution in [0.4, 0.5) is 5.69 Å². The van der Waals surface area contributed by atoms with E-state index >= 15 is 0 Å². The van der Waals surface area contributed by atoms with Crippen LogP contribution in [0.15, 0.2) is 51.8 Å². The molecule has 9 heteroatoms. The summed E-state index contributed by atoms with van der Waals surface area (Å²) in [7, 11) is -3.60. The first-order chi connectivity index (χ1) is 13.7. The number of carbonyl (C=O) groups excluding carboxylic acids is 2. The van der Waals surface area contributed by atoms with E-state index in [2.05, 4.69) is 21.2 Å². The molecule has 0 spiro atoms. The van der Waals surface area contributed by atoms with Crippen LogP contribution < -0.4 is 5.32 Å². The van der Waals surface area contributed by atoms with E-state index in [1.807, 2.05) is 19.1 Å². The Morgan fingerprint density at radius 2 is 1.69 bits per heavy atom. The summed E-state index contributed by atoms with van der Waals surface area (Å²) in [6, 6.07) is 10.9. The van der Waals surface area contributed by atoms with Crippen molar-refractivity contribution >= 4 is 43.5 Å². The first-order valence-electron chi connectivity index (χ1n) is 9.02. The van der Waals surface area contributed by atoms with Gasteiger partial charge in [0.1, 0.15) is 0 Å². The summed E-state index contributed by atoms with van der Waals surface area (Å²) < 4.78 is 32.0. The van der Waals surface area contributed by atoms with Crippen LogP contribution in [0.2, 0.25) is 0 Å². The molecule has 7 nitrogen and oxygen atoms in total. The van der Waals surface area contributed by atoms with Gasteiger partial charge in [0, 0.05) is 17.6 Å². The maximum Gasteiger partial charge on any atom is 0.338 e. The zero-order valence-corrected chi connectivity index (χ0v) is 18.8. The standard InChI is InChI=1S/C20H23BrN2O5S/c1-4-23(5-2)29(26,27)16-9-7-15(8-10-16)20(25)28-13-19(24)22-18-11-6-14(3)12-17(18)21/h6-12H,4-5,13H2,1-3H3,(H,22,24). The van der Waals surface area contributed by atoms with Crippen molar-refractivity contribution in [2.45, 2.75) is 25.7 Å². The van der Waals surface area contributed by atoms with Gasteiger partial charge in [-0.15, -0.1) is 0 Å². The quantitative estimate of drug-likeness (QED) is 0.580. The smallest absolute Gasteiger partial charge is 0.338 e. The van der Waals surface area contributed by atoms with Crippen molar-refractivity contribution in [3.63, 3.8) is 0 Å². The number of ether oxygens (including phenoxy) is 1. The lowest BCUT2D eigenvalue weighted by Gasteiger charge is -2.18. The van der Waals surface area contributed by atoms with Crippen molar-refractivity contribution in [3.05, 3.63) is 58.1 Å². The second-order valence-electron chi connectivity index (χ2n) is 6.22. The molecule has 2 aromatic carbocycles. The van der Waals surface area contributed by atoms with Gasteiger partial charge in [-0.05, 0) is 64.8 Å². The predicted octanol–water partition coefficient (Wildman–Crippen LogP) is 3.58. The van der Waals surface area contributed by atoms with E-state index in [1.54, 1.807) is 19.9 Å². The second-order valence-corrected chi connectivity index (χ2v) is 9.01. The minimum Gasteiger partial charge on any atom is -0.452 e. The van der Waals surface area contributed by atoms with Crippen LogP contribution in [0.1, 0.15) is 29.8 Å². The third kappa shape index (κ3) is 5.88. The fourth-order valence-electron chi connectivity index (χ4n) is 2.60. The molecule has 0 aliphatic heterocycles. The van der Waals surface area contributed by atoms with Gasteiger partial charge in [0.15, 0.2) is 6.61 Å². The molecular weight excluding hydrogens is 460 g/mol. The number of hydrogen-bond acceptors (Lipinski definition) is 5. The van der Waals surface area contributed by atoms with E-state index in [0.29, 0.717) is 18.8 Å². The first-order valence-corrected chi connectivity index (χ1v) is 11.3. The molecule has 0 heterocycles. The molecule has 0 aliphatic rings. The van der Waals surface area contributed by atoms with Gasteiger partial charge in [-0.1, -0.05) is 19.9 Å². The number of esters is 1. The Morgan fingerprint density at radius 3 is 2.24 bits per heavy atom. The summed E-state index contributed by atoms with van der Waals surface area (Å²) in [4.78, 5) is 24.3. The highest BCUT2D eigenvalue weighted by molar-refractivity contribution is 9.10. The number of amides is 1. The van der Waals surface area contributed by atoms with Gasteiger partial charge in [-0.25, -0.2) is 13.2 Å². The Balaban J connectivity index is 1.98. The minimum atomic E-state index is -3.60. The molecular formula is C20H23BrN2O5S. The van der Waals surface area contributed by atoms with Crippen molar-refractivity contribution < 1.29 is 22.7 Å². The number of anilines is 1. The predicted molar refractivity (Wildman–Crippen MR) is 114 cm³/mol. The monoisotopic (exact) mass is 482 g/mol. The molecule has 0 fully saturated rings. The van der Waals surface area contributed by atoms with E-state index in [0.717, 1.165) is 10.0 Å². The van der Waals surface area contributed by atoms with Crippen LogP contribution >= 0.6 is 15.9 Å². The van der Waals surface area contributed by atoms with Crippen LogP contribution in [0.5, 0.6) is 0 Å². The molecule has 0 saturated carbocycles. The van der Waals surface area contributed by atoms with E-state index in [1.165, 1.54) is 28.6 Å². The lowest BCUT2D eigenvalue weighted by Crippen LogP contribution is -2.30. The molecule has 0 bridgehead atoms. The number of nitrogens with one attached hydrogen (secondary N) is 1. The Labute approximate surface area is 179 Å². The molecule has 156 valence electrons. The molecule has 29 heavy (non-hydrogen) atoms. The molecule has 0 unspecified atom stereocenters. The first kappa shape index (κ1) is 23.1. The number of nitrogens with zero attached hydrogens (tertiary/aromatic N) is 1. The number of hydrogen-bond donors (Lipinski definition) is 1. The van der Waals surface area contributed by atoms with E-state index in [4.69, 9.17) is 4.74 Å². The number of sulfonamides is 1. The third-order valence-electron chi connectivity index (χ3n) is 4.17. The number of benzene rings is 2. The van der Waals surface area contributed by atoms with Gasteiger partial charge in [0.2, 0.25) is 10.0 Å². The molecule has 0 aromatic heterocycles. The molecule has 2 rings (SSSR count). The van der Waals surface area contributed by atoms with Crippen LogP contribution in [0, 0.1) is 6.92 Å². The van der Waals surface area contributed by atoms with Gasteiger partial charge in [-0.3, -0.25) is 4.79 Å². The second kappa shape index (κ2) is 10.00. The van der Waals surface area contributed by atoms with Crippen LogP contribution in [-0.2, 0) is 19.6 Å².